The fourth-order valence-corrected chi connectivity index (χ4v) is 2.05. The van der Waals surface area contributed by atoms with Gasteiger partial charge in [-0.25, -0.2) is 9.18 Å². The highest BCUT2D eigenvalue weighted by Gasteiger charge is 2.12. The van der Waals surface area contributed by atoms with Crippen molar-refractivity contribution in [3.05, 3.63) is 64.4 Å². The van der Waals surface area contributed by atoms with Gasteiger partial charge in [0.05, 0.1) is 17.7 Å². The maximum atomic E-state index is 13.6. The van der Waals surface area contributed by atoms with Crippen LogP contribution in [0.1, 0.15) is 5.56 Å². The summed E-state index contributed by atoms with van der Waals surface area (Å²) in [6.45, 7) is 0.113. The molecule has 0 bridgehead atoms. The second-order valence-corrected chi connectivity index (χ2v) is 4.24. The summed E-state index contributed by atoms with van der Waals surface area (Å²) < 4.78 is 20.1. The number of fused-ring (bicyclic) bond motifs is 1. The number of anilines is 1. The van der Waals surface area contributed by atoms with Crippen LogP contribution in [0.3, 0.4) is 0 Å². The first-order chi connectivity index (χ1) is 9.16. The molecule has 3 aromatic rings. The minimum absolute atomic E-state index is 0.113. The topological polar surface area (TPSA) is 61.2 Å². The van der Waals surface area contributed by atoms with Crippen LogP contribution in [0.5, 0.6) is 0 Å². The fourth-order valence-electron chi connectivity index (χ4n) is 2.05. The molecule has 96 valence electrons. The molecule has 0 saturated carbocycles. The molecule has 0 amide bonds. The number of nitrogen functional groups attached to an aromatic ring is 1. The van der Waals surface area contributed by atoms with E-state index >= 15 is 0 Å². The summed E-state index contributed by atoms with van der Waals surface area (Å²) in [5.74, 6) is -0.899. The van der Waals surface area contributed by atoms with Gasteiger partial charge in [0.1, 0.15) is 5.82 Å². The zero-order valence-corrected chi connectivity index (χ0v) is 9.97. The Morgan fingerprint density at radius 3 is 2.74 bits per heavy atom. The summed E-state index contributed by atoms with van der Waals surface area (Å²) in [6, 6.07) is 11.4. The van der Waals surface area contributed by atoms with Crippen molar-refractivity contribution >= 4 is 16.8 Å². The molecule has 2 aromatic carbocycles. The van der Waals surface area contributed by atoms with Crippen molar-refractivity contribution in [2.45, 2.75) is 6.54 Å². The van der Waals surface area contributed by atoms with Crippen LogP contribution >= 0.6 is 0 Å². The Labute approximate surface area is 107 Å². The lowest BCUT2D eigenvalue weighted by Gasteiger charge is -2.04. The molecule has 1 aromatic heterocycles. The van der Waals surface area contributed by atoms with Gasteiger partial charge in [-0.2, -0.15) is 0 Å². The van der Waals surface area contributed by atoms with Crippen LogP contribution in [0, 0.1) is 5.82 Å². The highest BCUT2D eigenvalue weighted by Crippen LogP contribution is 2.20. The van der Waals surface area contributed by atoms with Gasteiger partial charge in [0.15, 0.2) is 5.58 Å². The fraction of sp³-hybridized carbons (Fsp3) is 0.0714. The lowest BCUT2D eigenvalue weighted by molar-refractivity contribution is 0.512. The maximum absolute atomic E-state index is 13.6. The molecule has 0 spiro atoms. The number of para-hydroxylation sites is 1. The molecule has 0 aliphatic rings. The van der Waals surface area contributed by atoms with Gasteiger partial charge in [-0.15, -0.1) is 0 Å². The highest BCUT2D eigenvalue weighted by atomic mass is 19.1. The summed E-state index contributed by atoms with van der Waals surface area (Å²) in [7, 11) is 0. The number of benzene rings is 2. The molecular formula is C14H11FN2O2. The monoisotopic (exact) mass is 258 g/mol. The lowest BCUT2D eigenvalue weighted by Crippen LogP contribution is -2.15. The normalized spacial score (nSPS) is 11.0. The average Bonchev–Trinajstić information content (AvgIpc) is 2.71. The molecule has 5 heteroatoms. The van der Waals surface area contributed by atoms with E-state index in [4.69, 9.17) is 10.2 Å². The molecule has 0 unspecified atom stereocenters. The molecule has 0 radical (unpaired) electrons. The van der Waals surface area contributed by atoms with E-state index in [-0.39, 0.29) is 12.4 Å². The first-order valence-corrected chi connectivity index (χ1v) is 5.78. The van der Waals surface area contributed by atoms with Crippen molar-refractivity contribution in [3.63, 3.8) is 0 Å². The predicted molar refractivity (Wildman–Crippen MR) is 70.4 cm³/mol. The Morgan fingerprint density at radius 1 is 1.16 bits per heavy atom. The number of nitrogens with zero attached hydrogens (tertiary/aromatic N) is 1. The molecule has 19 heavy (non-hydrogen) atoms. The summed E-state index contributed by atoms with van der Waals surface area (Å²) in [6.07, 6.45) is 0. The van der Waals surface area contributed by atoms with Gasteiger partial charge < -0.3 is 10.2 Å². The zero-order chi connectivity index (χ0) is 13.4. The van der Waals surface area contributed by atoms with Crippen molar-refractivity contribution in [1.82, 2.24) is 4.57 Å². The van der Waals surface area contributed by atoms with E-state index in [0.717, 1.165) is 0 Å². The quantitative estimate of drug-likeness (QED) is 0.718. The molecule has 0 aliphatic heterocycles. The predicted octanol–water partition coefficient (Wildman–Crippen LogP) is 2.36. The van der Waals surface area contributed by atoms with E-state index in [1.807, 2.05) is 0 Å². The second-order valence-electron chi connectivity index (χ2n) is 4.24. The summed E-state index contributed by atoms with van der Waals surface area (Å²) >= 11 is 0. The van der Waals surface area contributed by atoms with Crippen LogP contribution in [0.15, 0.2) is 51.7 Å². The van der Waals surface area contributed by atoms with E-state index in [0.29, 0.717) is 22.4 Å². The number of oxazole rings is 1. The molecule has 0 atom stereocenters. The first kappa shape index (κ1) is 11.5. The molecule has 0 saturated heterocycles. The van der Waals surface area contributed by atoms with Crippen molar-refractivity contribution in [2.75, 3.05) is 5.73 Å². The van der Waals surface area contributed by atoms with Gasteiger partial charge in [-0.05, 0) is 18.2 Å². The molecule has 0 aliphatic carbocycles. The van der Waals surface area contributed by atoms with E-state index in [1.165, 1.54) is 10.6 Å². The number of halogens is 1. The van der Waals surface area contributed by atoms with Crippen LogP contribution in [0.25, 0.3) is 11.1 Å². The second kappa shape index (κ2) is 4.28. The Bertz CT molecular complexity index is 805. The number of rotatable bonds is 2. The molecule has 1 heterocycles. The molecule has 0 fully saturated rings. The Hall–Kier alpha value is -2.56. The van der Waals surface area contributed by atoms with Crippen LogP contribution in [-0.4, -0.2) is 4.57 Å². The minimum Gasteiger partial charge on any atom is -0.405 e. The van der Waals surface area contributed by atoms with Gasteiger partial charge in [-0.1, -0.05) is 24.3 Å². The minimum atomic E-state index is -0.545. The van der Waals surface area contributed by atoms with Crippen LogP contribution < -0.4 is 11.5 Å². The van der Waals surface area contributed by atoms with Crippen molar-refractivity contribution in [2.24, 2.45) is 0 Å². The lowest BCUT2D eigenvalue weighted by atomic mass is 10.2. The standard InChI is InChI=1S/C14H11FN2O2/c15-10-5-2-1-4-9(10)8-17-12-7-3-6-11(16)13(12)19-14(17)18/h1-7H,8,16H2. The van der Waals surface area contributed by atoms with E-state index < -0.39 is 5.76 Å². The van der Waals surface area contributed by atoms with E-state index in [2.05, 4.69) is 0 Å². The van der Waals surface area contributed by atoms with Crippen molar-refractivity contribution in [3.8, 4) is 0 Å². The molecule has 2 N–H and O–H groups in total. The zero-order valence-electron chi connectivity index (χ0n) is 9.97. The smallest absolute Gasteiger partial charge is 0.405 e. The van der Waals surface area contributed by atoms with Gasteiger partial charge in [0.2, 0.25) is 0 Å². The summed E-state index contributed by atoms with van der Waals surface area (Å²) in [4.78, 5) is 11.8. The number of nitrogens with two attached hydrogens (primary N) is 1. The van der Waals surface area contributed by atoms with E-state index in [9.17, 15) is 9.18 Å². The van der Waals surface area contributed by atoms with Crippen LogP contribution in [-0.2, 0) is 6.54 Å². The van der Waals surface area contributed by atoms with Crippen LogP contribution in [0.4, 0.5) is 10.1 Å². The van der Waals surface area contributed by atoms with Crippen molar-refractivity contribution < 1.29 is 8.81 Å². The third kappa shape index (κ3) is 1.89. The van der Waals surface area contributed by atoms with E-state index in [1.54, 1.807) is 36.4 Å². The molecule has 3 rings (SSSR count). The van der Waals surface area contributed by atoms with Crippen molar-refractivity contribution in [1.29, 1.82) is 0 Å². The first-order valence-electron chi connectivity index (χ1n) is 5.78. The average molecular weight is 258 g/mol. The third-order valence-electron chi connectivity index (χ3n) is 3.01. The van der Waals surface area contributed by atoms with Gasteiger partial charge >= 0.3 is 5.76 Å². The summed E-state index contributed by atoms with van der Waals surface area (Å²) in [5, 5.41) is 0. The van der Waals surface area contributed by atoms with Gasteiger partial charge in [0, 0.05) is 5.56 Å². The Kier molecular flexibility index (Phi) is 2.59. The van der Waals surface area contributed by atoms with Gasteiger partial charge in [0.25, 0.3) is 0 Å². The number of hydrogen-bond acceptors (Lipinski definition) is 3. The van der Waals surface area contributed by atoms with Gasteiger partial charge in [-0.3, -0.25) is 4.57 Å². The highest BCUT2D eigenvalue weighted by molar-refractivity contribution is 5.84. The molecular weight excluding hydrogens is 247 g/mol. The third-order valence-corrected chi connectivity index (χ3v) is 3.01. The Morgan fingerprint density at radius 2 is 1.95 bits per heavy atom. The Balaban J connectivity index is 2.16. The largest absolute Gasteiger partial charge is 0.420 e. The van der Waals surface area contributed by atoms with Crippen LogP contribution in [0.2, 0.25) is 0 Å². The molecule has 4 nitrogen and oxygen atoms in total. The number of aromatic nitrogens is 1. The number of hydrogen-bond donors (Lipinski definition) is 1. The summed E-state index contributed by atoms with van der Waals surface area (Å²) in [5.41, 5.74) is 7.46. The SMILES string of the molecule is Nc1cccc2c1oc(=O)n2Cc1ccccc1F. The maximum Gasteiger partial charge on any atom is 0.420 e.